The monoisotopic (exact) mass is 823 g/mol. The van der Waals surface area contributed by atoms with Crippen molar-refractivity contribution < 1.29 is 52.9 Å². The van der Waals surface area contributed by atoms with E-state index in [1.54, 1.807) is 6.92 Å². The smallest absolute Gasteiger partial charge is 0.316 e. The average molecular weight is 825 g/mol. The van der Waals surface area contributed by atoms with Gasteiger partial charge in [-0.2, -0.15) is 0 Å². The van der Waals surface area contributed by atoms with Crippen molar-refractivity contribution in [3.8, 4) is 0 Å². The number of hydrogen-bond acceptors (Lipinski definition) is 10. The van der Waals surface area contributed by atoms with Gasteiger partial charge in [0.05, 0.1) is 31.8 Å². The highest BCUT2D eigenvalue weighted by atomic mass is 79.9. The Morgan fingerprint density at radius 3 is 1.89 bits per heavy atom. The molecule has 0 heterocycles. The van der Waals surface area contributed by atoms with E-state index >= 15 is 0 Å². The predicted octanol–water partition coefficient (Wildman–Crippen LogP) is 2.99. The molecule has 6 N–H and O–H groups in total. The van der Waals surface area contributed by atoms with E-state index in [0.717, 1.165) is 19.3 Å². The Kier molecular flexibility index (Phi) is 33.0. The number of hydroxylamine groups is 2. The molecule has 0 aromatic heterocycles. The molecule has 0 bridgehead atoms. The van der Waals surface area contributed by atoms with Crippen molar-refractivity contribution in [2.45, 2.75) is 116 Å². The van der Waals surface area contributed by atoms with Gasteiger partial charge in [-0.25, -0.2) is 5.06 Å². The molecule has 2 atom stereocenters. The molecule has 0 saturated heterocycles. The van der Waals surface area contributed by atoms with Crippen LogP contribution in [0.4, 0.5) is 0 Å². The molecule has 2 unspecified atom stereocenters. The first kappa shape index (κ1) is 50.1. The number of alkyl halides is 1. The number of carboxylic acids is 1. The van der Waals surface area contributed by atoms with Gasteiger partial charge in [0, 0.05) is 45.6 Å². The highest BCUT2D eigenvalue weighted by molar-refractivity contribution is 9.09. The third-order valence-corrected chi connectivity index (χ3v) is 8.64. The van der Waals surface area contributed by atoms with Crippen LogP contribution in [0.25, 0.3) is 0 Å². The van der Waals surface area contributed by atoms with Gasteiger partial charge in [0.1, 0.15) is 18.6 Å². The fourth-order valence-corrected chi connectivity index (χ4v) is 5.34. The van der Waals surface area contributed by atoms with E-state index in [4.69, 9.17) is 24.8 Å². The summed E-state index contributed by atoms with van der Waals surface area (Å²) in [6.45, 7) is 5.26. The van der Waals surface area contributed by atoms with Gasteiger partial charge < -0.3 is 41.0 Å². The Bertz CT molecular complexity index is 1020. The summed E-state index contributed by atoms with van der Waals surface area (Å²) in [6.07, 6.45) is 12.6. The highest BCUT2D eigenvalue weighted by Crippen LogP contribution is 2.15. The van der Waals surface area contributed by atoms with Gasteiger partial charge in [-0.3, -0.25) is 33.6 Å². The van der Waals surface area contributed by atoms with Gasteiger partial charge in [0.15, 0.2) is 0 Å². The minimum Gasteiger partial charge on any atom is -0.481 e. The first-order valence-corrected chi connectivity index (χ1v) is 20.3. The van der Waals surface area contributed by atoms with E-state index in [1.165, 1.54) is 50.0 Å². The lowest BCUT2D eigenvalue weighted by molar-refractivity contribution is -0.191. The summed E-state index contributed by atoms with van der Waals surface area (Å²) in [4.78, 5) is 77.0. The minimum absolute atomic E-state index is 0.0127. The number of hydrogen-bond donors (Lipinski definition) is 5. The Hall–Kier alpha value is -2.86. The van der Waals surface area contributed by atoms with Gasteiger partial charge >= 0.3 is 5.97 Å². The average Bonchev–Trinajstić information content (AvgIpc) is 3.13. The van der Waals surface area contributed by atoms with Gasteiger partial charge in [-0.1, -0.05) is 93.5 Å². The molecule has 0 aliphatic rings. The molecular weight excluding hydrogens is 758 g/mol. The van der Waals surface area contributed by atoms with Gasteiger partial charge in [-0.05, 0) is 19.8 Å². The van der Waals surface area contributed by atoms with Crippen LogP contribution in [-0.4, -0.2) is 123 Å². The van der Waals surface area contributed by atoms with E-state index < -0.39 is 29.8 Å². The zero-order chi connectivity index (χ0) is 39.5. The molecule has 0 aromatic rings. The first-order chi connectivity index (χ1) is 25.6. The van der Waals surface area contributed by atoms with Crippen molar-refractivity contribution >= 4 is 51.4 Å². The summed E-state index contributed by atoms with van der Waals surface area (Å²) in [5.74, 6) is -4.27. The van der Waals surface area contributed by atoms with Crippen molar-refractivity contribution in [2.75, 3.05) is 71.2 Å². The number of halogens is 1. The molecule has 0 aromatic carbocycles. The Morgan fingerprint density at radius 1 is 0.698 bits per heavy atom. The number of carbonyl (C=O) groups excluding carboxylic acids is 5. The van der Waals surface area contributed by atoms with Crippen molar-refractivity contribution in [1.29, 1.82) is 0 Å². The van der Waals surface area contributed by atoms with Crippen LogP contribution in [0.1, 0.15) is 110 Å². The Balaban J connectivity index is 4.12. The molecule has 0 spiro atoms. The summed E-state index contributed by atoms with van der Waals surface area (Å²) < 4.78 is 16.2. The summed E-state index contributed by atoms with van der Waals surface area (Å²) in [7, 11) is 0. The second-order valence-corrected chi connectivity index (χ2v) is 13.1. The van der Waals surface area contributed by atoms with Crippen LogP contribution in [0.2, 0.25) is 0 Å². The second kappa shape index (κ2) is 34.9. The molecule has 17 heteroatoms. The predicted molar refractivity (Wildman–Crippen MR) is 203 cm³/mol. The van der Waals surface area contributed by atoms with Gasteiger partial charge in [0.2, 0.25) is 29.5 Å². The molecule has 0 aliphatic carbocycles. The molecule has 308 valence electrons. The normalized spacial score (nSPS) is 12.1. The lowest BCUT2D eigenvalue weighted by Gasteiger charge is -2.21. The number of amides is 5. The van der Waals surface area contributed by atoms with Crippen LogP contribution < -0.4 is 21.7 Å². The number of carbonyl (C=O) groups is 6. The number of nitrogens with two attached hydrogens (primary N) is 1. The zero-order valence-corrected chi connectivity index (χ0v) is 33.6. The third kappa shape index (κ3) is 29.2. The highest BCUT2D eigenvalue weighted by Gasteiger charge is 2.25. The molecule has 16 nitrogen and oxygen atoms in total. The molecule has 53 heavy (non-hydrogen) atoms. The van der Waals surface area contributed by atoms with E-state index in [-0.39, 0.29) is 95.2 Å². The van der Waals surface area contributed by atoms with Crippen molar-refractivity contribution in [1.82, 2.24) is 21.0 Å². The number of nitrogens with one attached hydrogen (secondary N) is 3. The topological polar surface area (TPSA) is 225 Å². The van der Waals surface area contributed by atoms with E-state index in [1.807, 2.05) is 0 Å². The number of nitrogens with zero attached hydrogens (tertiary/aromatic N) is 1. The van der Waals surface area contributed by atoms with Crippen molar-refractivity contribution in [3.63, 3.8) is 0 Å². The van der Waals surface area contributed by atoms with Crippen LogP contribution in [0.3, 0.4) is 0 Å². The number of ether oxygens (including phenoxy) is 3. The lowest BCUT2D eigenvalue weighted by Crippen LogP contribution is -2.37. The number of carboxylic acid groups (broad SMARTS) is 1. The van der Waals surface area contributed by atoms with E-state index in [0.29, 0.717) is 25.8 Å². The second-order valence-electron chi connectivity index (χ2n) is 12.6. The molecule has 0 aliphatic heterocycles. The maximum Gasteiger partial charge on any atom is 0.316 e. The van der Waals surface area contributed by atoms with Crippen LogP contribution in [0, 0.1) is 5.92 Å². The summed E-state index contributed by atoms with van der Waals surface area (Å²) >= 11 is 3.03. The zero-order valence-electron chi connectivity index (χ0n) is 32.0. The molecule has 5 amide bonds. The van der Waals surface area contributed by atoms with Crippen LogP contribution >= 0.6 is 15.9 Å². The summed E-state index contributed by atoms with van der Waals surface area (Å²) in [6, 6.07) is 0. The third-order valence-electron chi connectivity index (χ3n) is 8.13. The molecule has 0 rings (SSSR count). The van der Waals surface area contributed by atoms with E-state index in [2.05, 4.69) is 38.8 Å². The molecule has 0 saturated carbocycles. The lowest BCUT2D eigenvalue weighted by atomic mass is 9.99. The maximum atomic E-state index is 12.6. The SMILES string of the molecule is CCCCCCCCCCCCCC(C(=O)O)C(=O)NCCCC(=O)N(CC)OCCOC(CCOCCOCC(=O)NCCNC(=O)CBr)C(N)=O. The Morgan fingerprint density at radius 2 is 1.30 bits per heavy atom. The van der Waals surface area contributed by atoms with Crippen LogP contribution in [-0.2, 0) is 47.8 Å². The largest absolute Gasteiger partial charge is 0.481 e. The van der Waals surface area contributed by atoms with Crippen molar-refractivity contribution in [3.05, 3.63) is 0 Å². The minimum atomic E-state index is -1.14. The molecular formula is C36H66BrN5O11. The first-order valence-electron chi connectivity index (χ1n) is 19.2. The fraction of sp³-hybridized carbons (Fsp3) is 0.833. The Labute approximate surface area is 323 Å². The number of unbranched alkanes of at least 4 members (excludes halogenated alkanes) is 10. The van der Waals surface area contributed by atoms with Gasteiger partial charge in [-0.15, -0.1) is 0 Å². The fourth-order valence-electron chi connectivity index (χ4n) is 5.14. The van der Waals surface area contributed by atoms with Gasteiger partial charge in [0.25, 0.3) is 0 Å². The standard InChI is InChI=1S/C36H66BrN5O11/c1-3-5-6-7-8-9-10-11-12-13-14-16-29(36(48)49)35(47)41-19-15-17-33(45)42(4-2)53-26-25-52-30(34(38)46)18-22-50-23-24-51-28-32(44)40-21-20-39-31(43)27-37/h29-30H,3-28H2,1-2H3,(H2,38,46)(H,39,43)(H,40,44)(H,41,47)(H,48,49). The van der Waals surface area contributed by atoms with E-state index in [9.17, 15) is 33.9 Å². The number of rotatable bonds is 37. The van der Waals surface area contributed by atoms with Crippen LogP contribution in [0.5, 0.6) is 0 Å². The maximum absolute atomic E-state index is 12.6. The summed E-state index contributed by atoms with van der Waals surface area (Å²) in [5.41, 5.74) is 5.43. The number of aliphatic carboxylic acids is 1. The number of primary amides is 1. The van der Waals surface area contributed by atoms with Crippen molar-refractivity contribution in [2.24, 2.45) is 11.7 Å². The molecule has 0 fully saturated rings. The summed E-state index contributed by atoms with van der Waals surface area (Å²) in [5, 5.41) is 18.8. The molecule has 0 radical (unpaired) electrons. The quantitative estimate of drug-likeness (QED) is 0.0265. The van der Waals surface area contributed by atoms with Crippen LogP contribution in [0.15, 0.2) is 0 Å².